The van der Waals surface area contributed by atoms with Gasteiger partial charge in [0.2, 0.25) is 21.8 Å². The van der Waals surface area contributed by atoms with Crippen LogP contribution in [0.1, 0.15) is 31.4 Å². The molecule has 3 rings (SSSR count). The van der Waals surface area contributed by atoms with Gasteiger partial charge in [-0.2, -0.15) is 0 Å². The second-order valence-electron chi connectivity index (χ2n) is 9.49. The Balaban J connectivity index is 2.10. The zero-order valence-electron chi connectivity index (χ0n) is 22.5. The molecule has 40 heavy (non-hydrogen) atoms. The van der Waals surface area contributed by atoms with E-state index in [1.54, 1.807) is 42.5 Å². The summed E-state index contributed by atoms with van der Waals surface area (Å²) >= 11 is 15.1. The molecule has 0 aliphatic heterocycles. The van der Waals surface area contributed by atoms with Crippen LogP contribution in [0.15, 0.2) is 72.8 Å². The van der Waals surface area contributed by atoms with Crippen LogP contribution >= 0.6 is 45.8 Å². The van der Waals surface area contributed by atoms with Gasteiger partial charge in [-0.25, -0.2) is 8.42 Å². The molecule has 0 saturated carbocycles. The van der Waals surface area contributed by atoms with Gasteiger partial charge in [-0.05, 0) is 77.9 Å². The quantitative estimate of drug-likeness (QED) is 0.236. The maximum atomic E-state index is 14.1. The Bertz CT molecular complexity index is 1400. The summed E-state index contributed by atoms with van der Waals surface area (Å²) in [6.45, 7) is 3.24. The van der Waals surface area contributed by atoms with Crippen LogP contribution < -0.4 is 9.62 Å². The van der Waals surface area contributed by atoms with Crippen molar-refractivity contribution in [3.8, 4) is 0 Å². The molecule has 0 saturated heterocycles. The minimum Gasteiger partial charge on any atom is -0.352 e. The summed E-state index contributed by atoms with van der Waals surface area (Å²) in [5.41, 5.74) is 1.65. The van der Waals surface area contributed by atoms with E-state index in [0.717, 1.165) is 19.7 Å². The van der Waals surface area contributed by atoms with E-state index in [1.807, 2.05) is 44.2 Å². The van der Waals surface area contributed by atoms with Crippen LogP contribution in [0.25, 0.3) is 0 Å². The van der Waals surface area contributed by atoms with E-state index >= 15 is 0 Å². The molecule has 0 aliphatic carbocycles. The van der Waals surface area contributed by atoms with Crippen molar-refractivity contribution in [1.82, 2.24) is 10.2 Å². The van der Waals surface area contributed by atoms with Gasteiger partial charge < -0.3 is 10.2 Å². The lowest BCUT2D eigenvalue weighted by Crippen LogP contribution is -2.54. The minimum atomic E-state index is -3.85. The van der Waals surface area contributed by atoms with E-state index in [2.05, 4.69) is 27.9 Å². The van der Waals surface area contributed by atoms with Gasteiger partial charge in [-0.15, -0.1) is 0 Å². The number of nitrogens with one attached hydrogen (secondary N) is 1. The van der Waals surface area contributed by atoms with Crippen LogP contribution in [0, 0.1) is 3.57 Å². The SMILES string of the molecule is CC[C@@H](C)NC(=O)[C@@H](Cc1ccccc1)N(Cc1c(Cl)cccc1Cl)C(=O)CN(c1ccc(I)cc1)S(C)(=O)=O. The Morgan fingerprint density at radius 1 is 0.950 bits per heavy atom. The van der Waals surface area contributed by atoms with Crippen LogP contribution in [0.3, 0.4) is 0 Å². The normalized spacial score (nSPS) is 12.8. The van der Waals surface area contributed by atoms with Gasteiger partial charge in [0.25, 0.3) is 0 Å². The van der Waals surface area contributed by atoms with E-state index < -0.39 is 28.5 Å². The molecule has 2 amide bonds. The lowest BCUT2D eigenvalue weighted by Gasteiger charge is -2.34. The van der Waals surface area contributed by atoms with E-state index in [4.69, 9.17) is 23.2 Å². The van der Waals surface area contributed by atoms with Gasteiger partial charge in [-0.1, -0.05) is 66.5 Å². The third kappa shape index (κ3) is 8.83. The van der Waals surface area contributed by atoms with E-state index in [0.29, 0.717) is 27.7 Å². The van der Waals surface area contributed by atoms with E-state index in [1.165, 1.54) is 4.90 Å². The number of carbonyl (C=O) groups is 2. The summed E-state index contributed by atoms with van der Waals surface area (Å²) in [6, 6.07) is 20.1. The van der Waals surface area contributed by atoms with Crippen molar-refractivity contribution in [1.29, 1.82) is 0 Å². The van der Waals surface area contributed by atoms with Crippen molar-refractivity contribution in [3.05, 3.63) is 97.5 Å². The lowest BCUT2D eigenvalue weighted by molar-refractivity contribution is -0.140. The highest BCUT2D eigenvalue weighted by Gasteiger charge is 2.34. The molecule has 3 aromatic rings. The maximum Gasteiger partial charge on any atom is 0.244 e. The summed E-state index contributed by atoms with van der Waals surface area (Å²) in [6.07, 6.45) is 1.95. The van der Waals surface area contributed by atoms with Crippen molar-refractivity contribution in [2.75, 3.05) is 17.1 Å². The average molecular weight is 716 g/mol. The molecule has 0 fully saturated rings. The number of hydrogen-bond acceptors (Lipinski definition) is 4. The average Bonchev–Trinajstić information content (AvgIpc) is 2.91. The smallest absolute Gasteiger partial charge is 0.244 e. The predicted octanol–water partition coefficient (Wildman–Crippen LogP) is 5.92. The first-order valence-corrected chi connectivity index (χ1v) is 16.4. The molecule has 1 N–H and O–H groups in total. The fraction of sp³-hybridized carbons (Fsp3) is 0.310. The molecule has 2 atom stereocenters. The number of hydrogen-bond donors (Lipinski definition) is 1. The summed E-state index contributed by atoms with van der Waals surface area (Å²) in [4.78, 5) is 29.2. The highest BCUT2D eigenvalue weighted by molar-refractivity contribution is 14.1. The van der Waals surface area contributed by atoms with Crippen LogP contribution in [0.4, 0.5) is 5.69 Å². The molecular weight excluding hydrogens is 684 g/mol. The molecule has 0 aliphatic rings. The number of halogens is 3. The highest BCUT2D eigenvalue weighted by Crippen LogP contribution is 2.28. The third-order valence-corrected chi connectivity index (χ3v) is 9.02. The van der Waals surface area contributed by atoms with Gasteiger partial charge in [0.15, 0.2) is 0 Å². The van der Waals surface area contributed by atoms with Crippen LogP contribution in [-0.4, -0.2) is 50.0 Å². The molecule has 0 spiro atoms. The number of anilines is 1. The fourth-order valence-electron chi connectivity index (χ4n) is 4.07. The summed E-state index contributed by atoms with van der Waals surface area (Å²) in [5.74, 6) is -0.921. The maximum absolute atomic E-state index is 14.1. The van der Waals surface area contributed by atoms with Crippen molar-refractivity contribution in [2.24, 2.45) is 0 Å². The van der Waals surface area contributed by atoms with Crippen LogP contribution in [0.5, 0.6) is 0 Å². The van der Waals surface area contributed by atoms with Gasteiger partial charge in [-0.3, -0.25) is 13.9 Å². The first-order chi connectivity index (χ1) is 18.9. The number of carbonyl (C=O) groups excluding carboxylic acids is 2. The Labute approximate surface area is 260 Å². The summed E-state index contributed by atoms with van der Waals surface area (Å²) < 4.78 is 27.7. The number of sulfonamides is 1. The zero-order valence-corrected chi connectivity index (χ0v) is 27.0. The first kappa shape index (κ1) is 32.2. The number of nitrogens with zero attached hydrogens (tertiary/aromatic N) is 2. The Hall–Kier alpha value is -2.34. The van der Waals surface area contributed by atoms with Crippen molar-refractivity contribution in [2.45, 2.75) is 45.3 Å². The molecule has 0 unspecified atom stereocenters. The molecule has 214 valence electrons. The predicted molar refractivity (Wildman–Crippen MR) is 170 cm³/mol. The molecule has 7 nitrogen and oxygen atoms in total. The molecule has 11 heteroatoms. The Morgan fingerprint density at radius 2 is 1.55 bits per heavy atom. The molecule has 0 radical (unpaired) electrons. The molecule has 0 bridgehead atoms. The summed E-state index contributed by atoms with van der Waals surface area (Å²) in [5, 5.41) is 3.66. The monoisotopic (exact) mass is 715 g/mol. The van der Waals surface area contributed by atoms with Crippen molar-refractivity contribution >= 4 is 73.3 Å². The number of rotatable bonds is 12. The zero-order chi connectivity index (χ0) is 29.4. The van der Waals surface area contributed by atoms with E-state index in [9.17, 15) is 18.0 Å². The summed E-state index contributed by atoms with van der Waals surface area (Å²) in [7, 11) is -3.85. The molecule has 3 aromatic carbocycles. The number of benzene rings is 3. The first-order valence-electron chi connectivity index (χ1n) is 12.7. The van der Waals surface area contributed by atoms with Crippen molar-refractivity contribution in [3.63, 3.8) is 0 Å². The fourth-order valence-corrected chi connectivity index (χ4v) is 5.80. The van der Waals surface area contributed by atoms with Crippen LogP contribution in [-0.2, 0) is 32.6 Å². The number of amides is 2. The topological polar surface area (TPSA) is 86.8 Å². The van der Waals surface area contributed by atoms with E-state index in [-0.39, 0.29) is 24.9 Å². The van der Waals surface area contributed by atoms with Gasteiger partial charge in [0.1, 0.15) is 12.6 Å². The largest absolute Gasteiger partial charge is 0.352 e. The second-order valence-corrected chi connectivity index (χ2v) is 13.5. The Morgan fingerprint density at radius 3 is 2.10 bits per heavy atom. The van der Waals surface area contributed by atoms with Crippen LogP contribution in [0.2, 0.25) is 10.0 Å². The third-order valence-electron chi connectivity index (χ3n) is 6.46. The molecular formula is C29H32Cl2IN3O4S. The standard InChI is InChI=1S/C29H32Cl2IN3O4S/c1-4-20(2)33-29(37)27(17-21-9-6-5-7-10-21)34(18-24-25(30)11-8-12-26(24)31)28(36)19-35(40(3,38)39)23-15-13-22(32)14-16-23/h5-16,20,27H,4,17-19H2,1-3H3,(H,33,37)/t20-,27-/m1/s1. The van der Waals surface area contributed by atoms with Gasteiger partial charge in [0, 0.05) is 38.2 Å². The molecule has 0 heterocycles. The minimum absolute atomic E-state index is 0.0902. The highest BCUT2D eigenvalue weighted by atomic mass is 127. The van der Waals surface area contributed by atoms with Crippen molar-refractivity contribution < 1.29 is 18.0 Å². The van der Waals surface area contributed by atoms with Gasteiger partial charge in [0.05, 0.1) is 11.9 Å². The Kier molecular flexibility index (Phi) is 11.7. The lowest BCUT2D eigenvalue weighted by atomic mass is 10.0. The second kappa shape index (κ2) is 14.5. The molecule has 0 aromatic heterocycles. The van der Waals surface area contributed by atoms with Gasteiger partial charge >= 0.3 is 0 Å².